The molecule has 0 spiro atoms. The van der Waals surface area contributed by atoms with Crippen LogP contribution in [0.25, 0.3) is 0 Å². The highest BCUT2D eigenvalue weighted by molar-refractivity contribution is 6.32. The SMILES string of the molecule is Cc1cc(Cl)ccc1Oc1cc(NC(=O)CCn2nc(C(F)(F)F)c(Cl)c2C)cc([N+](=O)[O-])c1. The molecule has 0 fully saturated rings. The second-order valence-electron chi connectivity index (χ2n) is 7.25. The summed E-state index contributed by atoms with van der Waals surface area (Å²) in [4.78, 5) is 23.1. The van der Waals surface area contributed by atoms with Crippen molar-refractivity contribution in [2.24, 2.45) is 0 Å². The Morgan fingerprint density at radius 2 is 1.91 bits per heavy atom. The third-order valence-corrected chi connectivity index (χ3v) is 5.39. The predicted octanol–water partition coefficient (Wildman–Crippen LogP) is 6.55. The largest absolute Gasteiger partial charge is 0.457 e. The number of hydrogen-bond acceptors (Lipinski definition) is 5. The Hall–Kier alpha value is -3.31. The van der Waals surface area contributed by atoms with Gasteiger partial charge in [-0.05, 0) is 37.6 Å². The minimum Gasteiger partial charge on any atom is -0.457 e. The van der Waals surface area contributed by atoms with Crippen LogP contribution in [0.4, 0.5) is 24.5 Å². The number of nitro benzene ring substituents is 1. The Morgan fingerprint density at radius 1 is 1.21 bits per heavy atom. The van der Waals surface area contributed by atoms with E-state index in [1.54, 1.807) is 25.1 Å². The lowest BCUT2D eigenvalue weighted by Gasteiger charge is -2.11. The Kier molecular flexibility index (Phi) is 7.37. The molecule has 3 aromatic rings. The predicted molar refractivity (Wildman–Crippen MR) is 120 cm³/mol. The molecule has 0 aliphatic carbocycles. The molecule has 0 aliphatic heterocycles. The molecule has 0 radical (unpaired) electrons. The molecule has 1 aromatic heterocycles. The average molecular weight is 517 g/mol. The third kappa shape index (κ3) is 5.97. The zero-order valence-electron chi connectivity index (χ0n) is 17.7. The lowest BCUT2D eigenvalue weighted by atomic mass is 10.2. The van der Waals surface area contributed by atoms with Gasteiger partial charge in [-0.25, -0.2) is 0 Å². The average Bonchev–Trinajstić information content (AvgIpc) is 3.03. The molecule has 0 aliphatic rings. The van der Waals surface area contributed by atoms with Gasteiger partial charge >= 0.3 is 6.18 Å². The van der Waals surface area contributed by atoms with Gasteiger partial charge in [0.15, 0.2) is 5.69 Å². The van der Waals surface area contributed by atoms with Gasteiger partial charge in [-0.15, -0.1) is 0 Å². The Balaban J connectivity index is 1.76. The van der Waals surface area contributed by atoms with Crippen molar-refractivity contribution >= 4 is 40.5 Å². The van der Waals surface area contributed by atoms with Crippen molar-refractivity contribution in [2.45, 2.75) is 33.0 Å². The van der Waals surface area contributed by atoms with Gasteiger partial charge in [0.2, 0.25) is 5.91 Å². The summed E-state index contributed by atoms with van der Waals surface area (Å²) in [5, 5.41) is 17.2. The minimum absolute atomic E-state index is 0.0613. The maximum absolute atomic E-state index is 13.0. The normalized spacial score (nSPS) is 11.4. The minimum atomic E-state index is -4.73. The van der Waals surface area contributed by atoms with Crippen molar-refractivity contribution in [3.05, 3.63) is 73.5 Å². The van der Waals surface area contributed by atoms with Crippen LogP contribution in [0.2, 0.25) is 10.0 Å². The van der Waals surface area contributed by atoms with Crippen LogP contribution in [-0.4, -0.2) is 20.6 Å². The van der Waals surface area contributed by atoms with E-state index < -0.39 is 27.7 Å². The van der Waals surface area contributed by atoms with Crippen LogP contribution in [-0.2, 0) is 17.5 Å². The van der Waals surface area contributed by atoms with Crippen molar-refractivity contribution in [3.63, 3.8) is 0 Å². The Bertz CT molecular complexity index is 1260. The number of carbonyl (C=O) groups excluding carboxylic acids is 1. The second-order valence-corrected chi connectivity index (χ2v) is 8.07. The number of alkyl halides is 3. The first-order valence-electron chi connectivity index (χ1n) is 9.68. The first-order valence-corrected chi connectivity index (χ1v) is 10.4. The summed E-state index contributed by atoms with van der Waals surface area (Å²) in [7, 11) is 0. The number of hydrogen-bond donors (Lipinski definition) is 1. The highest BCUT2D eigenvalue weighted by Gasteiger charge is 2.38. The molecule has 1 amide bonds. The number of rotatable bonds is 7. The van der Waals surface area contributed by atoms with E-state index in [4.69, 9.17) is 27.9 Å². The molecule has 34 heavy (non-hydrogen) atoms. The Morgan fingerprint density at radius 3 is 2.50 bits per heavy atom. The molecule has 1 N–H and O–H groups in total. The number of aryl methyl sites for hydroxylation is 2. The summed E-state index contributed by atoms with van der Waals surface area (Å²) in [6.07, 6.45) is -4.98. The van der Waals surface area contributed by atoms with E-state index in [2.05, 4.69) is 10.4 Å². The molecule has 3 rings (SSSR count). The molecular weight excluding hydrogens is 500 g/mol. The summed E-state index contributed by atoms with van der Waals surface area (Å²) in [5.74, 6) is -0.0955. The Labute approximate surface area is 201 Å². The number of nitrogens with zero attached hydrogens (tertiary/aromatic N) is 3. The monoisotopic (exact) mass is 516 g/mol. The van der Waals surface area contributed by atoms with Crippen LogP contribution in [0.15, 0.2) is 36.4 Å². The van der Waals surface area contributed by atoms with E-state index in [0.29, 0.717) is 16.3 Å². The van der Waals surface area contributed by atoms with E-state index in [0.717, 1.165) is 10.7 Å². The van der Waals surface area contributed by atoms with Crippen molar-refractivity contribution in [2.75, 3.05) is 5.32 Å². The van der Waals surface area contributed by atoms with Gasteiger partial charge in [-0.3, -0.25) is 19.6 Å². The fourth-order valence-corrected chi connectivity index (χ4v) is 3.50. The summed E-state index contributed by atoms with van der Waals surface area (Å²) in [5.41, 5.74) is -0.733. The number of nitrogens with one attached hydrogen (secondary N) is 1. The molecule has 180 valence electrons. The second kappa shape index (κ2) is 9.90. The molecule has 13 heteroatoms. The van der Waals surface area contributed by atoms with E-state index >= 15 is 0 Å². The molecule has 0 bridgehead atoms. The van der Waals surface area contributed by atoms with Gasteiger partial charge in [0.1, 0.15) is 11.5 Å². The fraction of sp³-hybridized carbons (Fsp3) is 0.238. The third-order valence-electron chi connectivity index (χ3n) is 4.70. The fourth-order valence-electron chi connectivity index (χ4n) is 3.03. The number of ether oxygens (including phenoxy) is 1. The summed E-state index contributed by atoms with van der Waals surface area (Å²) in [6, 6.07) is 8.56. The molecule has 0 unspecified atom stereocenters. The number of aromatic nitrogens is 2. The van der Waals surface area contributed by atoms with E-state index in [9.17, 15) is 28.1 Å². The quantitative estimate of drug-likeness (QED) is 0.283. The first kappa shape index (κ1) is 25.3. The highest BCUT2D eigenvalue weighted by Crippen LogP contribution is 2.35. The number of halogens is 5. The topological polar surface area (TPSA) is 99.3 Å². The molecule has 1 heterocycles. The van der Waals surface area contributed by atoms with Gasteiger partial charge in [0.05, 0.1) is 33.9 Å². The lowest BCUT2D eigenvalue weighted by Crippen LogP contribution is -2.16. The number of anilines is 1. The zero-order chi connectivity index (χ0) is 25.2. The number of non-ortho nitro benzene ring substituents is 1. The molecule has 8 nitrogen and oxygen atoms in total. The van der Waals surface area contributed by atoms with Gasteiger partial charge in [0, 0.05) is 23.6 Å². The molecular formula is C21H17Cl2F3N4O4. The maximum Gasteiger partial charge on any atom is 0.436 e. The van der Waals surface area contributed by atoms with Gasteiger partial charge in [-0.1, -0.05) is 23.2 Å². The van der Waals surface area contributed by atoms with Crippen LogP contribution in [0.3, 0.4) is 0 Å². The molecule has 0 saturated carbocycles. The van der Waals surface area contributed by atoms with E-state index in [1.165, 1.54) is 19.1 Å². The molecule has 2 aromatic carbocycles. The lowest BCUT2D eigenvalue weighted by molar-refractivity contribution is -0.384. The summed E-state index contributed by atoms with van der Waals surface area (Å²) in [6.45, 7) is 2.91. The van der Waals surface area contributed by atoms with Gasteiger partial charge in [0.25, 0.3) is 5.69 Å². The smallest absolute Gasteiger partial charge is 0.436 e. The van der Waals surface area contributed by atoms with Crippen molar-refractivity contribution in [1.29, 1.82) is 0 Å². The molecule has 0 saturated heterocycles. The van der Waals surface area contributed by atoms with Crippen LogP contribution >= 0.6 is 23.2 Å². The zero-order valence-corrected chi connectivity index (χ0v) is 19.3. The van der Waals surface area contributed by atoms with Crippen LogP contribution in [0.5, 0.6) is 11.5 Å². The number of carbonyl (C=O) groups is 1. The van der Waals surface area contributed by atoms with Crippen LogP contribution < -0.4 is 10.1 Å². The van der Waals surface area contributed by atoms with Crippen molar-refractivity contribution in [1.82, 2.24) is 9.78 Å². The summed E-state index contributed by atoms with van der Waals surface area (Å²) < 4.78 is 45.6. The van der Waals surface area contributed by atoms with Crippen molar-refractivity contribution < 1.29 is 27.6 Å². The first-order chi connectivity index (χ1) is 15.8. The number of nitro groups is 1. The van der Waals surface area contributed by atoms with Crippen molar-refractivity contribution in [3.8, 4) is 11.5 Å². The van der Waals surface area contributed by atoms with E-state index in [1.807, 2.05) is 0 Å². The number of benzene rings is 2. The summed E-state index contributed by atoms with van der Waals surface area (Å²) >= 11 is 11.6. The highest BCUT2D eigenvalue weighted by atomic mass is 35.5. The molecule has 0 atom stereocenters. The van der Waals surface area contributed by atoms with Gasteiger partial charge in [-0.2, -0.15) is 18.3 Å². The number of amides is 1. The van der Waals surface area contributed by atoms with E-state index in [-0.39, 0.29) is 35.8 Å². The van der Waals surface area contributed by atoms with Crippen LogP contribution in [0, 0.1) is 24.0 Å². The van der Waals surface area contributed by atoms with Crippen LogP contribution in [0.1, 0.15) is 23.4 Å². The maximum atomic E-state index is 13.0. The van der Waals surface area contributed by atoms with Gasteiger partial charge < -0.3 is 10.1 Å². The standard InChI is InChI=1S/C21H17Cl2F3N4O4/c1-11-7-13(22)3-4-17(11)34-16-9-14(8-15(10-16)30(32)33)27-18(31)5-6-29-12(2)19(23)20(28-29)21(24,25)26/h3-4,7-10H,5-6H2,1-2H3,(H,27,31).